The largest absolute Gasteiger partial charge is 0.350 e. The van der Waals surface area contributed by atoms with Gasteiger partial charge < -0.3 is 10.2 Å². The molecule has 156 valence electrons. The van der Waals surface area contributed by atoms with Crippen LogP contribution in [0.2, 0.25) is 5.02 Å². The molecule has 1 N–H and O–H groups in total. The van der Waals surface area contributed by atoms with Crippen LogP contribution >= 0.6 is 11.6 Å². The standard InChI is InChI=1S/C24H31ClN2O2/c1-6-21(23(29)26-24(3,4)5)27(16-18-13-11-17(2)12-14-18)22(28)15-19-9-7-8-10-20(19)25/h7-14,21H,6,15-16H2,1-5H3,(H,26,29)/t21-/m0/s1. The SMILES string of the molecule is CC[C@@H](C(=O)NC(C)(C)C)N(Cc1ccc(C)cc1)C(=O)Cc1ccccc1Cl. The number of carbonyl (C=O) groups excluding carboxylic acids is 2. The van der Waals surface area contributed by atoms with Crippen molar-refractivity contribution in [1.82, 2.24) is 10.2 Å². The molecular weight excluding hydrogens is 384 g/mol. The second-order valence-corrected chi connectivity index (χ2v) is 8.85. The smallest absolute Gasteiger partial charge is 0.243 e. The monoisotopic (exact) mass is 414 g/mol. The summed E-state index contributed by atoms with van der Waals surface area (Å²) in [4.78, 5) is 27.9. The van der Waals surface area contributed by atoms with Gasteiger partial charge in [0.05, 0.1) is 6.42 Å². The van der Waals surface area contributed by atoms with E-state index >= 15 is 0 Å². The lowest BCUT2D eigenvalue weighted by atomic mass is 10.0. The third kappa shape index (κ3) is 6.90. The van der Waals surface area contributed by atoms with E-state index in [1.807, 2.05) is 77.1 Å². The second-order valence-electron chi connectivity index (χ2n) is 8.44. The molecule has 0 bridgehead atoms. The molecule has 2 rings (SSSR count). The van der Waals surface area contributed by atoms with Crippen molar-refractivity contribution in [2.45, 2.75) is 65.6 Å². The van der Waals surface area contributed by atoms with Gasteiger partial charge in [-0.15, -0.1) is 0 Å². The number of carbonyl (C=O) groups is 2. The third-order valence-electron chi connectivity index (χ3n) is 4.66. The molecule has 2 aromatic carbocycles. The molecule has 1 atom stereocenters. The van der Waals surface area contributed by atoms with Crippen molar-refractivity contribution < 1.29 is 9.59 Å². The van der Waals surface area contributed by atoms with Crippen LogP contribution in [0.1, 0.15) is 50.8 Å². The van der Waals surface area contributed by atoms with Gasteiger partial charge in [0.1, 0.15) is 6.04 Å². The minimum atomic E-state index is -0.550. The van der Waals surface area contributed by atoms with Crippen LogP contribution in [-0.4, -0.2) is 28.3 Å². The molecule has 0 saturated heterocycles. The molecule has 2 aromatic rings. The van der Waals surface area contributed by atoms with Gasteiger partial charge in [0, 0.05) is 17.1 Å². The molecule has 0 aromatic heterocycles. The molecule has 2 amide bonds. The Labute approximate surface area is 179 Å². The van der Waals surface area contributed by atoms with E-state index in [0.29, 0.717) is 18.0 Å². The quantitative estimate of drug-likeness (QED) is 0.699. The Bertz CT molecular complexity index is 841. The molecule has 0 unspecified atom stereocenters. The first-order valence-corrected chi connectivity index (χ1v) is 10.4. The maximum absolute atomic E-state index is 13.3. The minimum absolute atomic E-state index is 0.116. The fraction of sp³-hybridized carbons (Fsp3) is 0.417. The first-order chi connectivity index (χ1) is 13.6. The van der Waals surface area contributed by atoms with E-state index in [4.69, 9.17) is 11.6 Å². The Morgan fingerprint density at radius 2 is 1.69 bits per heavy atom. The number of nitrogens with one attached hydrogen (secondary N) is 1. The van der Waals surface area contributed by atoms with Crippen LogP contribution in [0.3, 0.4) is 0 Å². The van der Waals surface area contributed by atoms with Gasteiger partial charge in [0.2, 0.25) is 11.8 Å². The predicted molar refractivity (Wildman–Crippen MR) is 119 cm³/mol. The van der Waals surface area contributed by atoms with Crippen LogP contribution in [0.15, 0.2) is 48.5 Å². The van der Waals surface area contributed by atoms with Gasteiger partial charge in [0.25, 0.3) is 0 Å². The summed E-state index contributed by atoms with van der Waals surface area (Å²) in [5.41, 5.74) is 2.54. The van der Waals surface area contributed by atoms with Crippen LogP contribution in [0.25, 0.3) is 0 Å². The number of rotatable bonds is 7. The van der Waals surface area contributed by atoms with E-state index in [-0.39, 0.29) is 23.8 Å². The predicted octanol–water partition coefficient (Wildman–Crippen LogP) is 4.91. The fourth-order valence-corrected chi connectivity index (χ4v) is 3.37. The van der Waals surface area contributed by atoms with E-state index in [9.17, 15) is 9.59 Å². The van der Waals surface area contributed by atoms with Crippen LogP contribution < -0.4 is 5.32 Å². The van der Waals surface area contributed by atoms with Gasteiger partial charge in [-0.05, 0) is 51.3 Å². The lowest BCUT2D eigenvalue weighted by molar-refractivity contribution is -0.141. The van der Waals surface area contributed by atoms with Crippen LogP contribution in [0, 0.1) is 6.92 Å². The van der Waals surface area contributed by atoms with Crippen LogP contribution in [0.5, 0.6) is 0 Å². The Kier molecular flexibility index (Phi) is 7.86. The summed E-state index contributed by atoms with van der Waals surface area (Å²) in [6, 6.07) is 14.8. The van der Waals surface area contributed by atoms with E-state index in [0.717, 1.165) is 16.7 Å². The molecule has 0 spiro atoms. The second kappa shape index (κ2) is 9.93. The molecule has 0 radical (unpaired) electrons. The molecule has 29 heavy (non-hydrogen) atoms. The molecule has 0 fully saturated rings. The highest BCUT2D eigenvalue weighted by Gasteiger charge is 2.30. The van der Waals surface area contributed by atoms with Crippen LogP contribution in [-0.2, 0) is 22.6 Å². The van der Waals surface area contributed by atoms with E-state index in [2.05, 4.69) is 5.32 Å². The van der Waals surface area contributed by atoms with Gasteiger partial charge >= 0.3 is 0 Å². The zero-order chi connectivity index (χ0) is 21.6. The number of hydrogen-bond donors (Lipinski definition) is 1. The summed E-state index contributed by atoms with van der Waals surface area (Å²) in [6.45, 7) is 10.1. The maximum atomic E-state index is 13.3. The fourth-order valence-electron chi connectivity index (χ4n) is 3.17. The zero-order valence-electron chi connectivity index (χ0n) is 18.0. The molecular formula is C24H31ClN2O2. The van der Waals surface area contributed by atoms with E-state index in [1.165, 1.54) is 0 Å². The Morgan fingerprint density at radius 3 is 2.24 bits per heavy atom. The molecule has 0 aliphatic rings. The Hall–Kier alpha value is -2.33. The number of halogens is 1. The van der Waals surface area contributed by atoms with Crippen molar-refractivity contribution >= 4 is 23.4 Å². The highest BCUT2D eigenvalue weighted by molar-refractivity contribution is 6.31. The zero-order valence-corrected chi connectivity index (χ0v) is 18.7. The average Bonchev–Trinajstić information content (AvgIpc) is 2.63. The number of benzene rings is 2. The first-order valence-electron chi connectivity index (χ1n) is 10.0. The molecule has 0 aliphatic carbocycles. The van der Waals surface area contributed by atoms with Crippen molar-refractivity contribution in [3.8, 4) is 0 Å². The molecule has 0 aliphatic heterocycles. The number of nitrogens with zero attached hydrogens (tertiary/aromatic N) is 1. The third-order valence-corrected chi connectivity index (χ3v) is 5.03. The minimum Gasteiger partial charge on any atom is -0.350 e. The van der Waals surface area contributed by atoms with Gasteiger partial charge in [-0.25, -0.2) is 0 Å². The topological polar surface area (TPSA) is 49.4 Å². The lowest BCUT2D eigenvalue weighted by Crippen LogP contribution is -2.53. The number of aryl methyl sites for hydroxylation is 1. The van der Waals surface area contributed by atoms with Crippen molar-refractivity contribution in [3.63, 3.8) is 0 Å². The van der Waals surface area contributed by atoms with Crippen LogP contribution in [0.4, 0.5) is 0 Å². The summed E-state index contributed by atoms with van der Waals surface area (Å²) >= 11 is 6.26. The summed E-state index contributed by atoms with van der Waals surface area (Å²) in [5.74, 6) is -0.255. The summed E-state index contributed by atoms with van der Waals surface area (Å²) in [6.07, 6.45) is 0.687. The van der Waals surface area contributed by atoms with E-state index in [1.54, 1.807) is 11.0 Å². The van der Waals surface area contributed by atoms with Gasteiger partial charge in [-0.1, -0.05) is 66.6 Å². The molecule has 5 heteroatoms. The normalized spacial score (nSPS) is 12.3. The maximum Gasteiger partial charge on any atom is 0.243 e. The van der Waals surface area contributed by atoms with E-state index < -0.39 is 6.04 Å². The molecule has 0 saturated carbocycles. The van der Waals surface area contributed by atoms with Crippen molar-refractivity contribution in [3.05, 3.63) is 70.2 Å². The summed E-state index contributed by atoms with van der Waals surface area (Å²) in [7, 11) is 0. The summed E-state index contributed by atoms with van der Waals surface area (Å²) in [5, 5.41) is 3.58. The Balaban J connectivity index is 2.32. The highest BCUT2D eigenvalue weighted by Crippen LogP contribution is 2.20. The number of hydrogen-bond acceptors (Lipinski definition) is 2. The summed E-state index contributed by atoms with van der Waals surface area (Å²) < 4.78 is 0. The number of amides is 2. The van der Waals surface area contributed by atoms with Gasteiger partial charge in [0.15, 0.2) is 0 Å². The molecule has 4 nitrogen and oxygen atoms in total. The van der Waals surface area contributed by atoms with Crippen molar-refractivity contribution in [2.24, 2.45) is 0 Å². The first kappa shape index (κ1) is 23.0. The van der Waals surface area contributed by atoms with Gasteiger partial charge in [-0.3, -0.25) is 9.59 Å². The Morgan fingerprint density at radius 1 is 1.07 bits per heavy atom. The highest BCUT2D eigenvalue weighted by atomic mass is 35.5. The van der Waals surface area contributed by atoms with Crippen molar-refractivity contribution in [1.29, 1.82) is 0 Å². The molecule has 0 heterocycles. The van der Waals surface area contributed by atoms with Gasteiger partial charge in [-0.2, -0.15) is 0 Å². The average molecular weight is 415 g/mol. The lowest BCUT2D eigenvalue weighted by Gasteiger charge is -2.33. The van der Waals surface area contributed by atoms with Crippen molar-refractivity contribution in [2.75, 3.05) is 0 Å².